The van der Waals surface area contributed by atoms with Gasteiger partial charge in [-0.2, -0.15) is 0 Å². The van der Waals surface area contributed by atoms with E-state index in [-0.39, 0.29) is 12.4 Å². The Balaban J connectivity index is 2.11. The predicted molar refractivity (Wildman–Crippen MR) is 53.2 cm³/mol. The average molecular weight is 205 g/mol. The van der Waals surface area contributed by atoms with E-state index in [2.05, 4.69) is 10.3 Å². The normalized spacial score (nSPS) is 10.5. The molecule has 2 rings (SSSR count). The summed E-state index contributed by atoms with van der Waals surface area (Å²) in [5.74, 6) is 0.244. The van der Waals surface area contributed by atoms with Gasteiger partial charge in [-0.05, 0) is 17.7 Å². The van der Waals surface area contributed by atoms with E-state index in [0.29, 0.717) is 12.2 Å². The molecule has 0 aliphatic heterocycles. The van der Waals surface area contributed by atoms with E-state index in [4.69, 9.17) is 10.2 Å². The fourth-order valence-electron chi connectivity index (χ4n) is 1.28. The third-order valence-corrected chi connectivity index (χ3v) is 2.03. The number of aromatic hydroxyl groups is 1. The molecule has 0 aliphatic carbocycles. The van der Waals surface area contributed by atoms with E-state index in [1.54, 1.807) is 23.0 Å². The molecule has 2 aromatic rings. The minimum absolute atomic E-state index is 0.102. The van der Waals surface area contributed by atoms with Crippen LogP contribution in [0, 0.1) is 0 Å². The van der Waals surface area contributed by atoms with Crippen LogP contribution in [0.25, 0.3) is 0 Å². The number of aromatic nitrogens is 3. The van der Waals surface area contributed by atoms with Crippen LogP contribution in [-0.4, -0.2) is 25.2 Å². The van der Waals surface area contributed by atoms with Gasteiger partial charge in [0.05, 0.1) is 19.3 Å². The van der Waals surface area contributed by atoms with Crippen molar-refractivity contribution in [2.24, 2.45) is 0 Å². The molecule has 5 heteroatoms. The summed E-state index contributed by atoms with van der Waals surface area (Å²) in [6, 6.07) is 6.88. The van der Waals surface area contributed by atoms with Crippen LogP contribution < -0.4 is 0 Å². The molecular formula is C10H11N3O2. The number of benzene rings is 1. The highest BCUT2D eigenvalue weighted by Gasteiger charge is 2.00. The first-order valence-corrected chi connectivity index (χ1v) is 4.56. The summed E-state index contributed by atoms with van der Waals surface area (Å²) in [7, 11) is 0. The monoisotopic (exact) mass is 205 g/mol. The van der Waals surface area contributed by atoms with Crippen molar-refractivity contribution in [3.8, 4) is 5.75 Å². The van der Waals surface area contributed by atoms with Crippen molar-refractivity contribution >= 4 is 0 Å². The Bertz CT molecular complexity index is 436. The van der Waals surface area contributed by atoms with Gasteiger partial charge in [0.15, 0.2) is 0 Å². The van der Waals surface area contributed by atoms with Crippen LogP contribution in [0.4, 0.5) is 0 Å². The molecule has 0 amide bonds. The van der Waals surface area contributed by atoms with E-state index < -0.39 is 0 Å². The van der Waals surface area contributed by atoms with Crippen LogP contribution >= 0.6 is 0 Å². The SMILES string of the molecule is OCc1cn(Cc2ccc(O)cc2)nn1. The molecule has 2 N–H and O–H groups in total. The quantitative estimate of drug-likeness (QED) is 0.766. The van der Waals surface area contributed by atoms with E-state index in [1.165, 1.54) is 0 Å². The summed E-state index contributed by atoms with van der Waals surface area (Å²) in [6.07, 6.45) is 1.69. The van der Waals surface area contributed by atoms with Crippen LogP contribution in [0.2, 0.25) is 0 Å². The highest BCUT2D eigenvalue weighted by Crippen LogP contribution is 2.10. The molecule has 0 fully saturated rings. The van der Waals surface area contributed by atoms with Gasteiger partial charge in [-0.3, -0.25) is 0 Å². The van der Waals surface area contributed by atoms with Crippen molar-refractivity contribution in [2.75, 3.05) is 0 Å². The van der Waals surface area contributed by atoms with Gasteiger partial charge in [0.2, 0.25) is 0 Å². The molecule has 1 aromatic heterocycles. The zero-order valence-electron chi connectivity index (χ0n) is 8.04. The van der Waals surface area contributed by atoms with E-state index in [0.717, 1.165) is 5.56 Å². The lowest BCUT2D eigenvalue weighted by Gasteiger charge is -2.00. The molecule has 0 radical (unpaired) electrons. The first-order chi connectivity index (χ1) is 7.28. The lowest BCUT2D eigenvalue weighted by molar-refractivity contribution is 0.276. The Hall–Kier alpha value is -1.88. The minimum Gasteiger partial charge on any atom is -0.508 e. The standard InChI is InChI=1S/C10H11N3O2/c14-7-9-6-13(12-11-9)5-8-1-3-10(15)4-2-8/h1-4,6,14-15H,5,7H2. The summed E-state index contributed by atoms with van der Waals surface area (Å²) >= 11 is 0. The van der Waals surface area contributed by atoms with Crippen LogP contribution in [0.3, 0.4) is 0 Å². The molecule has 1 heterocycles. The number of phenols is 1. The fourth-order valence-corrected chi connectivity index (χ4v) is 1.28. The van der Waals surface area contributed by atoms with E-state index >= 15 is 0 Å². The first-order valence-electron chi connectivity index (χ1n) is 4.56. The largest absolute Gasteiger partial charge is 0.508 e. The van der Waals surface area contributed by atoms with Gasteiger partial charge in [0.1, 0.15) is 11.4 Å². The summed E-state index contributed by atoms with van der Waals surface area (Å²) in [5, 5.41) is 25.5. The van der Waals surface area contributed by atoms with Crippen LogP contribution in [0.1, 0.15) is 11.3 Å². The maximum atomic E-state index is 9.10. The number of hydrogen-bond donors (Lipinski definition) is 2. The Kier molecular flexibility index (Phi) is 2.64. The Morgan fingerprint density at radius 3 is 2.53 bits per heavy atom. The number of rotatable bonds is 3. The molecule has 0 saturated heterocycles. The second-order valence-corrected chi connectivity index (χ2v) is 3.23. The van der Waals surface area contributed by atoms with Crippen LogP contribution in [0.5, 0.6) is 5.75 Å². The highest BCUT2D eigenvalue weighted by molar-refractivity contribution is 5.25. The number of hydrogen-bond acceptors (Lipinski definition) is 4. The molecule has 0 bridgehead atoms. The molecule has 0 unspecified atom stereocenters. The van der Waals surface area contributed by atoms with Gasteiger partial charge >= 0.3 is 0 Å². The van der Waals surface area contributed by atoms with Gasteiger partial charge in [-0.1, -0.05) is 17.3 Å². The van der Waals surface area contributed by atoms with E-state index in [1.807, 2.05) is 12.1 Å². The number of nitrogens with zero attached hydrogens (tertiary/aromatic N) is 3. The molecule has 0 atom stereocenters. The Labute approximate surface area is 86.6 Å². The number of aliphatic hydroxyl groups is 1. The van der Waals surface area contributed by atoms with Crippen molar-refractivity contribution in [3.05, 3.63) is 41.7 Å². The van der Waals surface area contributed by atoms with Crippen LogP contribution in [0.15, 0.2) is 30.5 Å². The summed E-state index contributed by atoms with van der Waals surface area (Å²) in [4.78, 5) is 0. The third-order valence-electron chi connectivity index (χ3n) is 2.03. The van der Waals surface area contributed by atoms with Gasteiger partial charge in [0, 0.05) is 0 Å². The number of aliphatic hydroxyl groups excluding tert-OH is 1. The lowest BCUT2D eigenvalue weighted by Crippen LogP contribution is -1.99. The maximum Gasteiger partial charge on any atom is 0.115 e. The minimum atomic E-state index is -0.102. The number of phenolic OH excluding ortho intramolecular Hbond substituents is 1. The third kappa shape index (κ3) is 2.32. The van der Waals surface area contributed by atoms with Crippen molar-refractivity contribution in [1.29, 1.82) is 0 Å². The Morgan fingerprint density at radius 1 is 1.20 bits per heavy atom. The molecule has 1 aromatic carbocycles. The lowest BCUT2D eigenvalue weighted by atomic mass is 10.2. The smallest absolute Gasteiger partial charge is 0.115 e. The van der Waals surface area contributed by atoms with Crippen molar-refractivity contribution in [3.63, 3.8) is 0 Å². The van der Waals surface area contributed by atoms with Gasteiger partial charge < -0.3 is 10.2 Å². The van der Waals surface area contributed by atoms with Crippen molar-refractivity contribution in [1.82, 2.24) is 15.0 Å². The molecule has 78 valence electrons. The zero-order chi connectivity index (χ0) is 10.7. The summed E-state index contributed by atoms with van der Waals surface area (Å²) in [5.41, 5.74) is 1.57. The fraction of sp³-hybridized carbons (Fsp3) is 0.200. The van der Waals surface area contributed by atoms with Crippen molar-refractivity contribution in [2.45, 2.75) is 13.2 Å². The zero-order valence-corrected chi connectivity index (χ0v) is 8.04. The Morgan fingerprint density at radius 2 is 1.93 bits per heavy atom. The highest BCUT2D eigenvalue weighted by atomic mass is 16.3. The topological polar surface area (TPSA) is 71.2 Å². The first kappa shape index (κ1) is 9.67. The summed E-state index contributed by atoms with van der Waals surface area (Å²) in [6.45, 7) is 0.475. The van der Waals surface area contributed by atoms with Gasteiger partial charge in [-0.15, -0.1) is 5.10 Å². The maximum absolute atomic E-state index is 9.10. The second-order valence-electron chi connectivity index (χ2n) is 3.23. The molecule has 0 spiro atoms. The van der Waals surface area contributed by atoms with Gasteiger partial charge in [0.25, 0.3) is 0 Å². The van der Waals surface area contributed by atoms with Gasteiger partial charge in [-0.25, -0.2) is 4.68 Å². The molecule has 0 aliphatic rings. The van der Waals surface area contributed by atoms with Crippen LogP contribution in [-0.2, 0) is 13.2 Å². The molecule has 15 heavy (non-hydrogen) atoms. The average Bonchev–Trinajstić information content (AvgIpc) is 2.69. The second kappa shape index (κ2) is 4.10. The summed E-state index contributed by atoms with van der Waals surface area (Å²) < 4.78 is 1.64. The molecule has 0 saturated carbocycles. The van der Waals surface area contributed by atoms with Crippen molar-refractivity contribution < 1.29 is 10.2 Å². The predicted octanol–water partition coefficient (Wildman–Crippen LogP) is 0.524. The molecular weight excluding hydrogens is 194 g/mol. The molecule has 5 nitrogen and oxygen atoms in total. The van der Waals surface area contributed by atoms with E-state index in [9.17, 15) is 0 Å².